The van der Waals surface area contributed by atoms with Gasteiger partial charge < -0.3 is 10.5 Å². The van der Waals surface area contributed by atoms with E-state index in [1.54, 1.807) is 6.21 Å². The van der Waals surface area contributed by atoms with Gasteiger partial charge in [0.1, 0.15) is 0 Å². The molecular weight excluding hydrogens is 146 g/mol. The topological polar surface area (TPSA) is 76.8 Å². The minimum atomic E-state index is -1.02. The van der Waals surface area contributed by atoms with Gasteiger partial charge >= 0.3 is 6.09 Å². The van der Waals surface area contributed by atoms with Crippen LogP contribution in [0.1, 0.15) is 6.42 Å². The minimum absolute atomic E-state index is 0.429. The zero-order valence-electron chi connectivity index (χ0n) is 5.90. The van der Waals surface area contributed by atoms with Crippen LogP contribution in [0.4, 0.5) is 4.79 Å². The van der Waals surface area contributed by atoms with E-state index in [0.29, 0.717) is 13.0 Å². The molecule has 2 N–H and O–H groups in total. The van der Waals surface area contributed by atoms with Crippen molar-refractivity contribution in [1.82, 2.24) is 4.90 Å². The number of aliphatic imine (C=N–C) groups is 1. The molecule has 0 aromatic heterocycles. The average Bonchev–Trinajstić information content (AvgIpc) is 2.04. The zero-order valence-corrected chi connectivity index (χ0v) is 5.90. The van der Waals surface area contributed by atoms with Crippen molar-refractivity contribution < 1.29 is 9.90 Å². The van der Waals surface area contributed by atoms with Crippen LogP contribution in [-0.4, -0.2) is 41.2 Å². The van der Waals surface area contributed by atoms with Gasteiger partial charge in [-0.3, -0.25) is 9.89 Å². The monoisotopic (exact) mass is 155 g/mol. The summed E-state index contributed by atoms with van der Waals surface area (Å²) in [5.41, 5.74) is 0. The van der Waals surface area contributed by atoms with Crippen molar-refractivity contribution in [3.8, 4) is 0 Å². The van der Waals surface area contributed by atoms with Crippen molar-refractivity contribution in [2.45, 2.75) is 12.6 Å². The van der Waals surface area contributed by atoms with E-state index in [1.807, 2.05) is 0 Å². The van der Waals surface area contributed by atoms with Gasteiger partial charge in [-0.2, -0.15) is 0 Å². The smallest absolute Gasteiger partial charge is 0.409 e. The third-order valence-electron chi connectivity index (χ3n) is 1.47. The molecule has 5 nitrogen and oxygen atoms in total. The molecule has 60 valence electrons. The molecule has 1 atom stereocenters. The maximum absolute atomic E-state index is 10.5. The number of nitrogens with one attached hydrogen (secondary N) is 1. The van der Waals surface area contributed by atoms with E-state index in [0.717, 1.165) is 11.1 Å². The number of amides is 1. The maximum atomic E-state index is 10.5. The van der Waals surface area contributed by atoms with E-state index in [9.17, 15) is 4.79 Å². The molecule has 0 spiro atoms. The molecule has 1 rings (SSSR count). The summed E-state index contributed by atoms with van der Waals surface area (Å²) in [4.78, 5) is 15.4. The highest BCUT2D eigenvalue weighted by Crippen LogP contribution is 2.04. The van der Waals surface area contributed by atoms with E-state index in [2.05, 4.69) is 4.99 Å². The van der Waals surface area contributed by atoms with E-state index < -0.39 is 12.3 Å². The Kier molecular flexibility index (Phi) is 2.20. The van der Waals surface area contributed by atoms with Gasteiger partial charge in [0.05, 0.1) is 0 Å². The van der Waals surface area contributed by atoms with Crippen LogP contribution in [0.2, 0.25) is 0 Å². The number of hydrogen-bond donors (Lipinski definition) is 2. The van der Waals surface area contributed by atoms with Crippen LogP contribution in [0, 0.1) is 5.41 Å². The Labute approximate surface area is 63.9 Å². The molecule has 1 unspecified atom stereocenters. The molecule has 1 amide bonds. The lowest BCUT2D eigenvalue weighted by atomic mass is 10.3. The summed E-state index contributed by atoms with van der Waals surface area (Å²) in [5, 5.41) is 15.5. The van der Waals surface area contributed by atoms with Crippen LogP contribution < -0.4 is 0 Å². The van der Waals surface area contributed by atoms with Gasteiger partial charge in [0.25, 0.3) is 0 Å². The summed E-state index contributed by atoms with van der Waals surface area (Å²) in [7, 11) is 0. The Morgan fingerprint density at radius 3 is 3.09 bits per heavy atom. The van der Waals surface area contributed by atoms with Crippen molar-refractivity contribution in [1.29, 1.82) is 5.41 Å². The molecule has 0 aromatic rings. The molecule has 1 aliphatic rings. The lowest BCUT2D eigenvalue weighted by Crippen LogP contribution is -2.42. The summed E-state index contributed by atoms with van der Waals surface area (Å²) in [5.74, 6) is 0. The third kappa shape index (κ3) is 1.54. The van der Waals surface area contributed by atoms with Crippen molar-refractivity contribution in [2.24, 2.45) is 4.99 Å². The second kappa shape index (κ2) is 3.14. The van der Waals surface area contributed by atoms with Crippen LogP contribution in [0.3, 0.4) is 0 Å². The number of carboxylic acid groups (broad SMARTS) is 1. The summed E-state index contributed by atoms with van der Waals surface area (Å²) in [6.45, 7) is 0.429. The van der Waals surface area contributed by atoms with Gasteiger partial charge in [-0.05, 0) is 0 Å². The first-order chi connectivity index (χ1) is 5.25. The highest BCUT2D eigenvalue weighted by Gasteiger charge is 2.21. The van der Waals surface area contributed by atoms with E-state index in [1.165, 1.54) is 0 Å². The van der Waals surface area contributed by atoms with Gasteiger partial charge in [-0.25, -0.2) is 4.79 Å². The van der Waals surface area contributed by atoms with Crippen molar-refractivity contribution in [3.05, 3.63) is 0 Å². The maximum Gasteiger partial charge on any atom is 0.409 e. The van der Waals surface area contributed by atoms with Crippen LogP contribution in [0.15, 0.2) is 4.99 Å². The quantitative estimate of drug-likeness (QED) is 0.538. The van der Waals surface area contributed by atoms with Crippen molar-refractivity contribution in [3.63, 3.8) is 0 Å². The van der Waals surface area contributed by atoms with E-state index in [4.69, 9.17) is 10.5 Å². The normalized spacial score (nSPS) is 23.3. The Balaban J connectivity index is 2.70. The number of hydrogen-bond acceptors (Lipinski definition) is 3. The molecule has 0 aromatic carbocycles. The fourth-order valence-electron chi connectivity index (χ4n) is 0.934. The SMILES string of the molecule is N=CC1N=CCCN1C(=O)O. The van der Waals surface area contributed by atoms with Crippen LogP contribution in [-0.2, 0) is 0 Å². The van der Waals surface area contributed by atoms with E-state index in [-0.39, 0.29) is 0 Å². The standard InChI is InChI=1S/C6H9N3O2/c7-4-5-8-2-1-3-9(5)6(10)11/h2,4-5,7H,1,3H2,(H,10,11). The fourth-order valence-corrected chi connectivity index (χ4v) is 0.934. The molecule has 0 aliphatic carbocycles. The fraction of sp³-hybridized carbons (Fsp3) is 0.500. The Morgan fingerprint density at radius 1 is 1.91 bits per heavy atom. The molecule has 11 heavy (non-hydrogen) atoms. The molecule has 0 fully saturated rings. The van der Waals surface area contributed by atoms with Gasteiger partial charge in [0, 0.05) is 25.4 Å². The first-order valence-electron chi connectivity index (χ1n) is 3.27. The van der Waals surface area contributed by atoms with Crippen molar-refractivity contribution in [2.75, 3.05) is 6.54 Å². The van der Waals surface area contributed by atoms with Gasteiger partial charge in [-0.15, -0.1) is 0 Å². The highest BCUT2D eigenvalue weighted by molar-refractivity contribution is 5.76. The largest absolute Gasteiger partial charge is 0.465 e. The molecule has 1 aliphatic heterocycles. The number of nitrogens with zero attached hydrogens (tertiary/aromatic N) is 2. The average molecular weight is 155 g/mol. The predicted octanol–water partition coefficient (Wildman–Crippen LogP) is 0.417. The van der Waals surface area contributed by atoms with Gasteiger partial charge in [-0.1, -0.05) is 0 Å². The Bertz CT molecular complexity index is 202. The summed E-state index contributed by atoms with van der Waals surface area (Å²) < 4.78 is 0. The summed E-state index contributed by atoms with van der Waals surface area (Å²) >= 11 is 0. The van der Waals surface area contributed by atoms with Crippen LogP contribution >= 0.6 is 0 Å². The molecule has 5 heteroatoms. The predicted molar refractivity (Wildman–Crippen MR) is 40.4 cm³/mol. The lowest BCUT2D eigenvalue weighted by molar-refractivity contribution is 0.138. The number of carbonyl (C=O) groups is 1. The second-order valence-corrected chi connectivity index (χ2v) is 2.18. The summed E-state index contributed by atoms with van der Waals surface area (Å²) in [6, 6.07) is 0. The van der Waals surface area contributed by atoms with Crippen LogP contribution in [0.5, 0.6) is 0 Å². The van der Waals surface area contributed by atoms with Gasteiger partial charge in [0.15, 0.2) is 6.17 Å². The second-order valence-electron chi connectivity index (χ2n) is 2.18. The van der Waals surface area contributed by atoms with Crippen LogP contribution in [0.25, 0.3) is 0 Å². The molecule has 0 saturated carbocycles. The Hall–Kier alpha value is -1.39. The molecular formula is C6H9N3O2. The van der Waals surface area contributed by atoms with Crippen molar-refractivity contribution >= 4 is 18.5 Å². The molecule has 0 saturated heterocycles. The minimum Gasteiger partial charge on any atom is -0.465 e. The first-order valence-corrected chi connectivity index (χ1v) is 3.27. The third-order valence-corrected chi connectivity index (χ3v) is 1.47. The highest BCUT2D eigenvalue weighted by atomic mass is 16.4. The first kappa shape index (κ1) is 7.71. The molecule has 0 bridgehead atoms. The lowest BCUT2D eigenvalue weighted by Gasteiger charge is -2.25. The number of rotatable bonds is 1. The van der Waals surface area contributed by atoms with Gasteiger partial charge in [0.2, 0.25) is 0 Å². The summed E-state index contributed by atoms with van der Waals surface area (Å²) in [6.07, 6.45) is 1.67. The molecule has 1 heterocycles. The Morgan fingerprint density at radius 2 is 2.64 bits per heavy atom. The molecule has 0 radical (unpaired) electrons. The zero-order chi connectivity index (χ0) is 8.27. The van der Waals surface area contributed by atoms with E-state index >= 15 is 0 Å².